The van der Waals surface area contributed by atoms with E-state index in [9.17, 15) is 0 Å². The lowest BCUT2D eigenvalue weighted by Gasteiger charge is -2.48. The number of piperidine rings is 1. The van der Waals surface area contributed by atoms with Crippen LogP contribution in [0.15, 0.2) is 12.2 Å². The van der Waals surface area contributed by atoms with Crippen molar-refractivity contribution in [1.82, 2.24) is 4.90 Å². The predicted molar refractivity (Wildman–Crippen MR) is 50.0 cm³/mol. The van der Waals surface area contributed by atoms with Crippen molar-refractivity contribution in [3.63, 3.8) is 0 Å². The summed E-state index contributed by atoms with van der Waals surface area (Å²) < 4.78 is 0. The maximum Gasteiger partial charge on any atom is 0.0397 e. The molecule has 1 saturated heterocycles. The first-order chi connectivity index (χ1) is 5.89. The Bertz CT molecular complexity index is 221. The summed E-state index contributed by atoms with van der Waals surface area (Å²) in [6.07, 6.45) is 12.2. The summed E-state index contributed by atoms with van der Waals surface area (Å²) >= 11 is 0. The van der Waals surface area contributed by atoms with Gasteiger partial charge in [-0.05, 0) is 31.7 Å². The summed E-state index contributed by atoms with van der Waals surface area (Å²) in [7, 11) is 0. The molecular formula is C11H17N. The monoisotopic (exact) mass is 163 g/mol. The highest BCUT2D eigenvalue weighted by Crippen LogP contribution is 2.45. The maximum absolute atomic E-state index is 2.70. The first-order valence-corrected chi connectivity index (χ1v) is 5.32. The van der Waals surface area contributed by atoms with Crippen LogP contribution in [0.3, 0.4) is 0 Å². The smallest absolute Gasteiger partial charge is 0.0397 e. The van der Waals surface area contributed by atoms with Gasteiger partial charge in [-0.25, -0.2) is 0 Å². The second kappa shape index (κ2) is 2.35. The van der Waals surface area contributed by atoms with Gasteiger partial charge in [0.25, 0.3) is 0 Å². The van der Waals surface area contributed by atoms with Crippen molar-refractivity contribution in [2.45, 2.75) is 37.6 Å². The van der Waals surface area contributed by atoms with Crippen molar-refractivity contribution in [2.24, 2.45) is 5.92 Å². The van der Waals surface area contributed by atoms with Crippen molar-refractivity contribution in [3.8, 4) is 0 Å². The van der Waals surface area contributed by atoms with Crippen LogP contribution in [0, 0.1) is 5.92 Å². The van der Waals surface area contributed by atoms with Gasteiger partial charge in [0, 0.05) is 12.1 Å². The molecule has 0 radical (unpaired) electrons. The quantitative estimate of drug-likeness (QED) is 0.495. The Kier molecular flexibility index (Phi) is 1.40. The summed E-state index contributed by atoms with van der Waals surface area (Å²) in [6, 6.07) is 0. The molecule has 1 aliphatic carbocycles. The van der Waals surface area contributed by atoms with Crippen LogP contribution in [-0.2, 0) is 0 Å². The predicted octanol–water partition coefficient (Wildman–Crippen LogP) is 2.19. The molecule has 1 heteroatoms. The summed E-state index contributed by atoms with van der Waals surface area (Å²) in [5, 5.41) is 0. The number of fused-ring (bicyclic) bond motifs is 1. The molecule has 0 aromatic rings. The fraction of sp³-hybridized carbons (Fsp3) is 0.818. The first-order valence-electron chi connectivity index (χ1n) is 5.32. The molecule has 0 aromatic carbocycles. The lowest BCUT2D eigenvalue weighted by Crippen LogP contribution is -2.51. The zero-order valence-electron chi connectivity index (χ0n) is 7.63. The minimum absolute atomic E-state index is 0.543. The van der Waals surface area contributed by atoms with Crippen LogP contribution in [0.1, 0.15) is 32.1 Å². The largest absolute Gasteiger partial charge is 0.291 e. The summed E-state index contributed by atoms with van der Waals surface area (Å²) in [4.78, 5) is 2.70. The lowest BCUT2D eigenvalue weighted by molar-refractivity contribution is 0.0401. The second-order valence-corrected chi connectivity index (χ2v) is 4.70. The Balaban J connectivity index is 1.93. The molecule has 2 atom stereocenters. The van der Waals surface area contributed by atoms with Crippen molar-refractivity contribution in [1.29, 1.82) is 0 Å². The average molecular weight is 163 g/mol. The summed E-state index contributed by atoms with van der Waals surface area (Å²) in [5.41, 5.74) is 0.543. The van der Waals surface area contributed by atoms with Crippen molar-refractivity contribution < 1.29 is 0 Å². The van der Waals surface area contributed by atoms with E-state index in [4.69, 9.17) is 0 Å². The highest BCUT2D eigenvalue weighted by Gasteiger charge is 2.44. The van der Waals surface area contributed by atoms with Gasteiger partial charge in [0.2, 0.25) is 0 Å². The third-order valence-electron chi connectivity index (χ3n) is 4.06. The Hall–Kier alpha value is -0.300. The molecular weight excluding hydrogens is 146 g/mol. The van der Waals surface area contributed by atoms with Crippen molar-refractivity contribution in [3.05, 3.63) is 12.2 Å². The standard InChI is InChI=1S/C11H17N/c1-3-10-4-8-12-7-2-6-11(12,5-1)9-10/h2,6,10H,1,3-5,7-9H2. The van der Waals surface area contributed by atoms with E-state index in [0.29, 0.717) is 5.54 Å². The molecule has 12 heavy (non-hydrogen) atoms. The third kappa shape index (κ3) is 0.832. The van der Waals surface area contributed by atoms with E-state index in [1.807, 2.05) is 0 Å². The van der Waals surface area contributed by atoms with Crippen molar-refractivity contribution >= 4 is 0 Å². The number of hydrogen-bond donors (Lipinski definition) is 0. The highest BCUT2D eigenvalue weighted by molar-refractivity contribution is 5.18. The molecule has 0 amide bonds. The maximum atomic E-state index is 2.70. The van der Waals surface area contributed by atoms with Crippen LogP contribution >= 0.6 is 0 Å². The van der Waals surface area contributed by atoms with Gasteiger partial charge in [-0.3, -0.25) is 4.90 Å². The number of hydrogen-bond acceptors (Lipinski definition) is 1. The van der Waals surface area contributed by atoms with Gasteiger partial charge in [-0.1, -0.05) is 25.0 Å². The van der Waals surface area contributed by atoms with Crippen molar-refractivity contribution in [2.75, 3.05) is 13.1 Å². The molecule has 2 unspecified atom stereocenters. The fourth-order valence-electron chi connectivity index (χ4n) is 3.42. The zero-order chi connectivity index (χ0) is 8.02. The molecule has 0 aromatic heterocycles. The van der Waals surface area contributed by atoms with Gasteiger partial charge in [-0.15, -0.1) is 0 Å². The van der Waals surface area contributed by atoms with E-state index in [1.165, 1.54) is 45.2 Å². The Morgan fingerprint density at radius 3 is 3.33 bits per heavy atom. The van der Waals surface area contributed by atoms with Crippen LogP contribution in [0.25, 0.3) is 0 Å². The molecule has 3 rings (SSSR count). The van der Waals surface area contributed by atoms with Crippen LogP contribution in [-0.4, -0.2) is 23.5 Å². The molecule has 2 heterocycles. The average Bonchev–Trinajstić information content (AvgIpc) is 2.46. The molecule has 1 saturated carbocycles. The molecule has 66 valence electrons. The van der Waals surface area contributed by atoms with Gasteiger partial charge in [-0.2, -0.15) is 0 Å². The van der Waals surface area contributed by atoms with Crippen LogP contribution in [0.2, 0.25) is 0 Å². The molecule has 2 bridgehead atoms. The van der Waals surface area contributed by atoms with Gasteiger partial charge in [0.05, 0.1) is 0 Å². The van der Waals surface area contributed by atoms with E-state index in [-0.39, 0.29) is 0 Å². The fourth-order valence-corrected chi connectivity index (χ4v) is 3.42. The minimum Gasteiger partial charge on any atom is -0.291 e. The topological polar surface area (TPSA) is 3.24 Å². The summed E-state index contributed by atoms with van der Waals surface area (Å²) in [5.74, 6) is 1.05. The first kappa shape index (κ1) is 7.14. The van der Waals surface area contributed by atoms with Crippen LogP contribution in [0.5, 0.6) is 0 Å². The summed E-state index contributed by atoms with van der Waals surface area (Å²) in [6.45, 7) is 2.59. The SMILES string of the molecule is C1=CC23CCCC(CCN2C1)C3. The lowest BCUT2D eigenvalue weighted by atomic mass is 9.71. The van der Waals surface area contributed by atoms with Crippen LogP contribution in [0.4, 0.5) is 0 Å². The van der Waals surface area contributed by atoms with E-state index < -0.39 is 0 Å². The molecule has 1 spiro atoms. The van der Waals surface area contributed by atoms with E-state index in [0.717, 1.165) is 5.92 Å². The Morgan fingerprint density at radius 2 is 2.33 bits per heavy atom. The zero-order valence-corrected chi connectivity index (χ0v) is 7.63. The molecule has 1 nitrogen and oxygen atoms in total. The van der Waals surface area contributed by atoms with Gasteiger partial charge in [0.15, 0.2) is 0 Å². The van der Waals surface area contributed by atoms with E-state index >= 15 is 0 Å². The molecule has 3 aliphatic rings. The second-order valence-electron chi connectivity index (χ2n) is 4.70. The Morgan fingerprint density at radius 1 is 1.33 bits per heavy atom. The third-order valence-corrected chi connectivity index (χ3v) is 4.06. The minimum atomic E-state index is 0.543. The highest BCUT2D eigenvalue weighted by atomic mass is 15.2. The van der Waals surface area contributed by atoms with E-state index in [1.54, 1.807) is 0 Å². The normalized spacial score (nSPS) is 46.2. The molecule has 0 N–H and O–H groups in total. The number of rotatable bonds is 0. The Labute approximate surface area is 74.4 Å². The van der Waals surface area contributed by atoms with Gasteiger partial charge < -0.3 is 0 Å². The number of nitrogens with zero attached hydrogens (tertiary/aromatic N) is 1. The van der Waals surface area contributed by atoms with Gasteiger partial charge >= 0.3 is 0 Å². The molecule has 2 aliphatic heterocycles. The van der Waals surface area contributed by atoms with Gasteiger partial charge in [0.1, 0.15) is 0 Å². The van der Waals surface area contributed by atoms with E-state index in [2.05, 4.69) is 17.1 Å². The van der Waals surface area contributed by atoms with Crippen LogP contribution < -0.4 is 0 Å². The molecule has 2 fully saturated rings.